The van der Waals surface area contributed by atoms with Gasteiger partial charge in [-0.1, -0.05) is 0 Å². The number of fused-ring (bicyclic) bond motifs is 1. The molecule has 1 aromatic heterocycles. The van der Waals surface area contributed by atoms with E-state index in [1.807, 2.05) is 0 Å². The van der Waals surface area contributed by atoms with Gasteiger partial charge in [0.15, 0.2) is 0 Å². The van der Waals surface area contributed by atoms with Crippen LogP contribution in [0.5, 0.6) is 0 Å². The zero-order valence-electron chi connectivity index (χ0n) is 13.9. The van der Waals surface area contributed by atoms with Gasteiger partial charge in [0.25, 0.3) is 17.7 Å². The van der Waals surface area contributed by atoms with Gasteiger partial charge in [0, 0.05) is 38.2 Å². The van der Waals surface area contributed by atoms with Crippen LogP contribution < -0.4 is 5.32 Å². The molecule has 0 saturated heterocycles. The van der Waals surface area contributed by atoms with E-state index in [9.17, 15) is 14.4 Å². The van der Waals surface area contributed by atoms with Gasteiger partial charge in [0.2, 0.25) is 5.95 Å². The summed E-state index contributed by atoms with van der Waals surface area (Å²) in [4.78, 5) is 46.3. The molecule has 0 atom stereocenters. The molecule has 1 N–H and O–H groups in total. The fourth-order valence-corrected chi connectivity index (χ4v) is 2.76. The van der Waals surface area contributed by atoms with E-state index in [1.54, 1.807) is 7.11 Å². The van der Waals surface area contributed by atoms with Gasteiger partial charge in [-0.25, -0.2) is 9.97 Å². The van der Waals surface area contributed by atoms with E-state index in [2.05, 4.69) is 31.2 Å². The predicted molar refractivity (Wildman–Crippen MR) is 96.0 cm³/mol. The topological polar surface area (TPSA) is 101 Å². The van der Waals surface area contributed by atoms with Crippen molar-refractivity contribution in [3.63, 3.8) is 0 Å². The zero-order valence-corrected chi connectivity index (χ0v) is 15.4. The second-order valence-electron chi connectivity index (χ2n) is 5.55. The molecule has 0 unspecified atom stereocenters. The number of hydrogen-bond donors (Lipinski definition) is 1. The number of imide groups is 1. The number of carbonyl (C=O) groups is 3. The van der Waals surface area contributed by atoms with Crippen LogP contribution in [0.4, 0.5) is 5.95 Å². The van der Waals surface area contributed by atoms with E-state index in [0.29, 0.717) is 23.1 Å². The van der Waals surface area contributed by atoms with Gasteiger partial charge in [0.1, 0.15) is 0 Å². The van der Waals surface area contributed by atoms with Crippen molar-refractivity contribution in [2.75, 3.05) is 25.6 Å². The van der Waals surface area contributed by atoms with Crippen LogP contribution in [-0.2, 0) is 4.74 Å². The fourth-order valence-electron chi connectivity index (χ4n) is 2.55. The molecule has 0 saturated carbocycles. The first kappa shape index (κ1) is 18.2. The van der Waals surface area contributed by atoms with Crippen LogP contribution in [0, 0.1) is 0 Å². The van der Waals surface area contributed by atoms with Gasteiger partial charge in [-0.15, -0.1) is 0 Å². The molecule has 1 aliphatic rings. The average molecular weight is 419 g/mol. The highest BCUT2D eigenvalue weighted by molar-refractivity contribution is 9.10. The van der Waals surface area contributed by atoms with Gasteiger partial charge in [-0.3, -0.25) is 24.6 Å². The van der Waals surface area contributed by atoms with E-state index in [1.165, 1.54) is 35.5 Å². The highest BCUT2D eigenvalue weighted by atomic mass is 79.9. The summed E-state index contributed by atoms with van der Waals surface area (Å²) < 4.78 is 5.63. The minimum atomic E-state index is -0.465. The number of aromatic nitrogens is 2. The monoisotopic (exact) mass is 418 g/mol. The van der Waals surface area contributed by atoms with Crippen LogP contribution in [0.2, 0.25) is 0 Å². The van der Waals surface area contributed by atoms with Crippen LogP contribution in [0.25, 0.3) is 0 Å². The third kappa shape index (κ3) is 3.63. The van der Waals surface area contributed by atoms with Crippen molar-refractivity contribution in [2.24, 2.45) is 0 Å². The number of nitrogens with zero attached hydrogens (tertiary/aromatic N) is 3. The van der Waals surface area contributed by atoms with E-state index in [4.69, 9.17) is 4.74 Å². The normalized spacial score (nSPS) is 13.1. The lowest BCUT2D eigenvalue weighted by atomic mass is 10.1. The minimum absolute atomic E-state index is 0.141. The summed E-state index contributed by atoms with van der Waals surface area (Å²) in [5, 5.41) is 2.55. The average Bonchev–Trinajstić information content (AvgIpc) is 2.88. The van der Waals surface area contributed by atoms with Gasteiger partial charge >= 0.3 is 0 Å². The molecule has 134 valence electrons. The summed E-state index contributed by atoms with van der Waals surface area (Å²) in [6, 6.07) is 4.40. The number of nitrogens with one attached hydrogen (secondary N) is 1. The Kier molecular flexibility index (Phi) is 5.38. The second kappa shape index (κ2) is 7.71. The number of ether oxygens (including phenoxy) is 1. The molecule has 9 heteroatoms. The SMILES string of the molecule is COCCCN1C(=O)c2ccc(C(=O)Nc3ncc(Br)cn3)cc2C1=O. The number of carbonyl (C=O) groups excluding carboxylic acids is 3. The molecular weight excluding hydrogens is 404 g/mol. The number of methoxy groups -OCH3 is 1. The summed E-state index contributed by atoms with van der Waals surface area (Å²) in [7, 11) is 1.56. The number of hydrogen-bond acceptors (Lipinski definition) is 6. The lowest BCUT2D eigenvalue weighted by Gasteiger charge is -2.12. The summed E-state index contributed by atoms with van der Waals surface area (Å²) in [6.07, 6.45) is 3.56. The van der Waals surface area contributed by atoms with Crippen molar-refractivity contribution >= 4 is 39.6 Å². The molecule has 0 radical (unpaired) electrons. The van der Waals surface area contributed by atoms with E-state index in [0.717, 1.165) is 0 Å². The Labute approximate surface area is 157 Å². The van der Waals surface area contributed by atoms with Crippen molar-refractivity contribution in [1.82, 2.24) is 14.9 Å². The lowest BCUT2D eigenvalue weighted by molar-refractivity contribution is 0.0638. The van der Waals surface area contributed by atoms with E-state index < -0.39 is 11.8 Å². The quantitative estimate of drug-likeness (QED) is 0.569. The molecular formula is C17H15BrN4O4. The smallest absolute Gasteiger partial charge is 0.261 e. The molecule has 0 aliphatic carbocycles. The van der Waals surface area contributed by atoms with Gasteiger partial charge in [-0.2, -0.15) is 0 Å². The Balaban J connectivity index is 1.77. The molecule has 1 aliphatic heterocycles. The summed E-state index contributed by atoms with van der Waals surface area (Å²) in [6.45, 7) is 0.725. The number of benzene rings is 1. The first-order valence-electron chi connectivity index (χ1n) is 7.79. The molecule has 2 heterocycles. The third-order valence-electron chi connectivity index (χ3n) is 3.81. The van der Waals surface area contributed by atoms with E-state index >= 15 is 0 Å². The Morgan fingerprint density at radius 3 is 2.58 bits per heavy atom. The highest BCUT2D eigenvalue weighted by Crippen LogP contribution is 2.24. The van der Waals surface area contributed by atoms with Crippen LogP contribution in [0.1, 0.15) is 37.5 Å². The maximum absolute atomic E-state index is 12.5. The molecule has 3 rings (SSSR count). The van der Waals surface area contributed by atoms with Gasteiger partial charge in [-0.05, 0) is 40.5 Å². The highest BCUT2D eigenvalue weighted by Gasteiger charge is 2.35. The Hall–Kier alpha value is -2.65. The summed E-state index contributed by atoms with van der Waals surface area (Å²) >= 11 is 3.21. The zero-order chi connectivity index (χ0) is 18.7. The minimum Gasteiger partial charge on any atom is -0.385 e. The number of anilines is 1. The molecule has 8 nitrogen and oxygen atoms in total. The lowest BCUT2D eigenvalue weighted by Crippen LogP contribution is -2.31. The van der Waals surface area contributed by atoms with E-state index in [-0.39, 0.29) is 29.5 Å². The molecule has 26 heavy (non-hydrogen) atoms. The Bertz CT molecular complexity index is 870. The van der Waals surface area contributed by atoms with Crippen molar-refractivity contribution in [2.45, 2.75) is 6.42 Å². The maximum Gasteiger partial charge on any atom is 0.261 e. The maximum atomic E-state index is 12.5. The number of rotatable bonds is 6. The molecule has 0 fully saturated rings. The van der Waals surface area contributed by atoms with Crippen LogP contribution in [0.15, 0.2) is 35.1 Å². The van der Waals surface area contributed by atoms with Gasteiger partial charge < -0.3 is 4.74 Å². The fraction of sp³-hybridized carbons (Fsp3) is 0.235. The van der Waals surface area contributed by atoms with Crippen LogP contribution in [0.3, 0.4) is 0 Å². The third-order valence-corrected chi connectivity index (χ3v) is 4.22. The predicted octanol–water partition coefficient (Wildman–Crippen LogP) is 2.12. The molecule has 2 aromatic rings. The standard InChI is InChI=1S/C17H15BrN4O4/c1-26-6-2-5-22-15(24)12-4-3-10(7-13(12)16(22)25)14(23)21-17-19-8-11(18)9-20-17/h3-4,7-9H,2,5-6H2,1H3,(H,19,20,21,23). The van der Waals surface area contributed by atoms with Crippen molar-refractivity contribution < 1.29 is 19.1 Å². The van der Waals surface area contributed by atoms with Crippen LogP contribution >= 0.6 is 15.9 Å². The van der Waals surface area contributed by atoms with Crippen molar-refractivity contribution in [3.8, 4) is 0 Å². The largest absolute Gasteiger partial charge is 0.385 e. The molecule has 3 amide bonds. The Morgan fingerprint density at radius 2 is 1.88 bits per heavy atom. The van der Waals surface area contributed by atoms with Crippen LogP contribution in [-0.4, -0.2) is 52.9 Å². The Morgan fingerprint density at radius 1 is 1.19 bits per heavy atom. The first-order chi connectivity index (χ1) is 12.5. The molecule has 0 bridgehead atoms. The molecule has 1 aromatic carbocycles. The first-order valence-corrected chi connectivity index (χ1v) is 8.58. The van der Waals surface area contributed by atoms with Crippen molar-refractivity contribution in [3.05, 3.63) is 51.8 Å². The van der Waals surface area contributed by atoms with Crippen molar-refractivity contribution in [1.29, 1.82) is 0 Å². The van der Waals surface area contributed by atoms with Gasteiger partial charge in [0.05, 0.1) is 15.6 Å². The summed E-state index contributed by atoms with van der Waals surface area (Å²) in [5.74, 6) is -1.09. The molecule has 0 spiro atoms. The summed E-state index contributed by atoms with van der Waals surface area (Å²) in [5.41, 5.74) is 0.760. The second-order valence-corrected chi connectivity index (χ2v) is 6.46. The number of amides is 3. The number of halogens is 1.